The van der Waals surface area contributed by atoms with E-state index < -0.39 is 0 Å². The Kier molecular flexibility index (Phi) is 5.61. The van der Waals surface area contributed by atoms with Crippen LogP contribution >= 0.6 is 0 Å². The Hall–Kier alpha value is -3.14. The number of benzene rings is 3. The first-order valence-corrected chi connectivity index (χ1v) is 10.2. The molecule has 1 saturated heterocycles. The molecular formula is C25H26N2O2. The van der Waals surface area contributed by atoms with Gasteiger partial charge in [0.2, 0.25) is 5.91 Å². The minimum atomic E-state index is -0.0254. The van der Waals surface area contributed by atoms with Gasteiger partial charge in [0.15, 0.2) is 0 Å². The number of amides is 1. The highest BCUT2D eigenvalue weighted by molar-refractivity contribution is 5.87. The van der Waals surface area contributed by atoms with Gasteiger partial charge in [-0.1, -0.05) is 42.5 Å². The summed E-state index contributed by atoms with van der Waals surface area (Å²) in [6.07, 6.45) is 2.53. The molecule has 1 aliphatic heterocycles. The van der Waals surface area contributed by atoms with Gasteiger partial charge in [0.1, 0.15) is 6.29 Å². The molecule has 4 rings (SSSR count). The fourth-order valence-corrected chi connectivity index (χ4v) is 4.20. The average Bonchev–Trinajstić information content (AvgIpc) is 2.78. The highest BCUT2D eigenvalue weighted by atomic mass is 16.2. The minimum Gasteiger partial charge on any atom is -0.371 e. The Morgan fingerprint density at radius 2 is 1.69 bits per heavy atom. The molecule has 1 heterocycles. The average molecular weight is 386 g/mol. The van der Waals surface area contributed by atoms with Crippen LogP contribution in [0.25, 0.3) is 10.8 Å². The summed E-state index contributed by atoms with van der Waals surface area (Å²) in [5.74, 6) is 0.180. The Bertz CT molecular complexity index is 1000. The van der Waals surface area contributed by atoms with Crippen molar-refractivity contribution in [2.24, 2.45) is 5.92 Å². The largest absolute Gasteiger partial charge is 0.371 e. The van der Waals surface area contributed by atoms with Crippen LogP contribution < -0.4 is 10.2 Å². The Morgan fingerprint density at radius 1 is 1.00 bits per heavy atom. The van der Waals surface area contributed by atoms with Crippen molar-refractivity contribution in [3.05, 3.63) is 77.9 Å². The number of piperidine rings is 1. The van der Waals surface area contributed by atoms with Crippen LogP contribution in [0.1, 0.15) is 41.7 Å². The molecule has 1 amide bonds. The molecule has 0 unspecified atom stereocenters. The van der Waals surface area contributed by atoms with Crippen LogP contribution in [0.4, 0.5) is 5.69 Å². The van der Waals surface area contributed by atoms with E-state index in [1.54, 1.807) is 0 Å². The lowest BCUT2D eigenvalue weighted by molar-refractivity contribution is -0.126. The van der Waals surface area contributed by atoms with Crippen molar-refractivity contribution in [2.45, 2.75) is 25.8 Å². The van der Waals surface area contributed by atoms with E-state index in [0.29, 0.717) is 5.56 Å². The second-order valence-corrected chi connectivity index (χ2v) is 7.77. The second-order valence-electron chi connectivity index (χ2n) is 7.77. The molecule has 1 atom stereocenters. The van der Waals surface area contributed by atoms with E-state index in [-0.39, 0.29) is 17.9 Å². The number of nitrogens with one attached hydrogen (secondary N) is 1. The molecular weight excluding hydrogens is 360 g/mol. The topological polar surface area (TPSA) is 49.4 Å². The van der Waals surface area contributed by atoms with E-state index in [9.17, 15) is 9.59 Å². The lowest BCUT2D eigenvalue weighted by atomic mass is 9.94. The van der Waals surface area contributed by atoms with Crippen LogP contribution in [-0.4, -0.2) is 25.3 Å². The summed E-state index contributed by atoms with van der Waals surface area (Å²) in [5, 5.41) is 5.62. The molecule has 0 saturated carbocycles. The van der Waals surface area contributed by atoms with Gasteiger partial charge in [-0.05, 0) is 60.4 Å². The van der Waals surface area contributed by atoms with Gasteiger partial charge in [-0.15, -0.1) is 0 Å². The van der Waals surface area contributed by atoms with E-state index in [2.05, 4.69) is 47.5 Å². The minimum absolute atomic E-state index is 0.0254. The number of rotatable bonds is 5. The molecule has 1 aliphatic rings. The number of hydrogen-bond acceptors (Lipinski definition) is 3. The molecule has 4 heteroatoms. The molecule has 0 aromatic heterocycles. The highest BCUT2D eigenvalue weighted by Crippen LogP contribution is 2.27. The number of nitrogens with zero attached hydrogens (tertiary/aromatic N) is 1. The summed E-state index contributed by atoms with van der Waals surface area (Å²) >= 11 is 0. The van der Waals surface area contributed by atoms with E-state index in [0.717, 1.165) is 43.5 Å². The molecule has 4 nitrogen and oxygen atoms in total. The lowest BCUT2D eigenvalue weighted by Gasteiger charge is -2.33. The highest BCUT2D eigenvalue weighted by Gasteiger charge is 2.26. The van der Waals surface area contributed by atoms with Gasteiger partial charge in [-0.3, -0.25) is 9.59 Å². The van der Waals surface area contributed by atoms with Crippen molar-refractivity contribution in [3.63, 3.8) is 0 Å². The summed E-state index contributed by atoms with van der Waals surface area (Å²) in [7, 11) is 0. The second kappa shape index (κ2) is 8.48. The lowest BCUT2D eigenvalue weighted by Crippen LogP contribution is -2.41. The van der Waals surface area contributed by atoms with Gasteiger partial charge in [0.25, 0.3) is 0 Å². The van der Waals surface area contributed by atoms with Gasteiger partial charge in [-0.25, -0.2) is 0 Å². The molecule has 29 heavy (non-hydrogen) atoms. The van der Waals surface area contributed by atoms with Gasteiger partial charge >= 0.3 is 0 Å². The van der Waals surface area contributed by atoms with Crippen LogP contribution in [-0.2, 0) is 4.79 Å². The summed E-state index contributed by atoms with van der Waals surface area (Å²) in [5.41, 5.74) is 2.95. The first kappa shape index (κ1) is 19.2. The predicted molar refractivity (Wildman–Crippen MR) is 117 cm³/mol. The first-order chi connectivity index (χ1) is 14.2. The molecule has 0 aliphatic carbocycles. The third kappa shape index (κ3) is 4.16. The van der Waals surface area contributed by atoms with Gasteiger partial charge in [-0.2, -0.15) is 0 Å². The summed E-state index contributed by atoms with van der Waals surface area (Å²) in [6.45, 7) is 3.76. The van der Waals surface area contributed by atoms with Crippen molar-refractivity contribution in [3.8, 4) is 0 Å². The molecule has 3 aromatic carbocycles. The monoisotopic (exact) mass is 386 g/mol. The van der Waals surface area contributed by atoms with Crippen molar-refractivity contribution >= 4 is 28.7 Å². The zero-order valence-corrected chi connectivity index (χ0v) is 16.7. The van der Waals surface area contributed by atoms with E-state index in [1.807, 2.05) is 36.4 Å². The number of aldehydes is 1. The fraction of sp³-hybridized carbons (Fsp3) is 0.280. The Morgan fingerprint density at radius 3 is 2.41 bits per heavy atom. The van der Waals surface area contributed by atoms with E-state index >= 15 is 0 Å². The normalized spacial score (nSPS) is 15.8. The Labute approximate surface area is 171 Å². The third-order valence-corrected chi connectivity index (χ3v) is 5.91. The number of hydrogen-bond donors (Lipinski definition) is 1. The van der Waals surface area contributed by atoms with E-state index in [4.69, 9.17) is 0 Å². The summed E-state index contributed by atoms with van der Waals surface area (Å²) in [6, 6.07) is 22.2. The van der Waals surface area contributed by atoms with Crippen LogP contribution in [0.15, 0.2) is 66.7 Å². The maximum Gasteiger partial charge on any atom is 0.223 e. The maximum atomic E-state index is 12.9. The quantitative estimate of drug-likeness (QED) is 0.644. The van der Waals surface area contributed by atoms with Crippen molar-refractivity contribution in [2.75, 3.05) is 18.0 Å². The van der Waals surface area contributed by atoms with Crippen LogP contribution in [0, 0.1) is 5.92 Å². The summed E-state index contributed by atoms with van der Waals surface area (Å²) in [4.78, 5) is 26.0. The number of carbonyl (C=O) groups is 2. The summed E-state index contributed by atoms with van der Waals surface area (Å²) < 4.78 is 0. The van der Waals surface area contributed by atoms with Crippen molar-refractivity contribution in [1.29, 1.82) is 0 Å². The maximum absolute atomic E-state index is 12.9. The smallest absolute Gasteiger partial charge is 0.223 e. The SMILES string of the molecule is C[C@H](NC(=O)C1CCN(c2ccc(C=O)cc2)CC1)c1cccc2ccccc12. The molecule has 1 fully saturated rings. The molecule has 0 radical (unpaired) electrons. The standard InChI is InChI=1S/C25H26N2O2/c1-18(23-8-4-6-20-5-2-3-7-24(20)23)26-25(29)21-13-15-27(16-14-21)22-11-9-19(17-28)10-12-22/h2-12,17-18,21H,13-16H2,1H3,(H,26,29)/t18-/m0/s1. The van der Waals surface area contributed by atoms with Crippen LogP contribution in [0.5, 0.6) is 0 Å². The fourth-order valence-electron chi connectivity index (χ4n) is 4.20. The Balaban J connectivity index is 1.37. The zero-order chi connectivity index (χ0) is 20.2. The van der Waals surface area contributed by atoms with Gasteiger partial charge in [0, 0.05) is 30.3 Å². The zero-order valence-electron chi connectivity index (χ0n) is 16.7. The van der Waals surface area contributed by atoms with E-state index in [1.165, 1.54) is 10.8 Å². The number of fused-ring (bicyclic) bond motifs is 1. The molecule has 148 valence electrons. The number of anilines is 1. The number of carbonyl (C=O) groups excluding carboxylic acids is 2. The molecule has 0 bridgehead atoms. The van der Waals surface area contributed by atoms with Gasteiger partial charge in [0.05, 0.1) is 6.04 Å². The molecule has 0 spiro atoms. The van der Waals surface area contributed by atoms with Crippen molar-refractivity contribution in [1.82, 2.24) is 5.32 Å². The van der Waals surface area contributed by atoms with Crippen molar-refractivity contribution < 1.29 is 9.59 Å². The van der Waals surface area contributed by atoms with Crippen LogP contribution in [0.2, 0.25) is 0 Å². The predicted octanol–water partition coefficient (Wildman–Crippen LogP) is 4.75. The molecule has 1 N–H and O–H groups in total. The third-order valence-electron chi connectivity index (χ3n) is 5.91. The van der Waals surface area contributed by atoms with Gasteiger partial charge < -0.3 is 10.2 Å². The first-order valence-electron chi connectivity index (χ1n) is 10.2. The molecule has 3 aromatic rings. The van der Waals surface area contributed by atoms with Crippen LogP contribution in [0.3, 0.4) is 0 Å².